The van der Waals surface area contributed by atoms with E-state index in [9.17, 15) is 4.79 Å². The van der Waals surface area contributed by atoms with Crippen LogP contribution in [0.5, 0.6) is 0 Å². The Morgan fingerprint density at radius 2 is 1.85 bits per heavy atom. The van der Waals surface area contributed by atoms with E-state index in [1.807, 2.05) is 24.8 Å². The van der Waals surface area contributed by atoms with Crippen molar-refractivity contribution in [3.05, 3.63) is 47.1 Å². The number of aryl methyl sites for hydroxylation is 1. The second kappa shape index (κ2) is 7.44. The lowest BCUT2D eigenvalue weighted by molar-refractivity contribution is -0.136. The van der Waals surface area contributed by atoms with E-state index in [1.165, 1.54) is 10.6 Å². The summed E-state index contributed by atoms with van der Waals surface area (Å²) in [7, 11) is 0. The van der Waals surface area contributed by atoms with Gasteiger partial charge in [0.15, 0.2) is 4.96 Å². The molecule has 6 heteroatoms. The van der Waals surface area contributed by atoms with E-state index in [1.54, 1.807) is 11.3 Å². The van der Waals surface area contributed by atoms with E-state index in [0.717, 1.165) is 48.9 Å². The standard InChI is InChI=1S/C21H26N4OS/c1-15(2)20(26)24-11-9-23(10-12-24)14-18-19(17-7-5-4-6-8-17)22-21-25(18)13-16(3)27-21/h4-8,13,15H,9-12,14H2,1-3H3. The van der Waals surface area contributed by atoms with Crippen molar-refractivity contribution < 1.29 is 4.79 Å². The highest BCUT2D eigenvalue weighted by atomic mass is 32.1. The number of benzene rings is 1. The molecule has 3 aromatic rings. The van der Waals surface area contributed by atoms with Crippen LogP contribution in [-0.4, -0.2) is 51.3 Å². The number of thiazole rings is 1. The monoisotopic (exact) mass is 382 g/mol. The second-order valence-electron chi connectivity index (χ2n) is 7.52. The number of nitrogens with zero attached hydrogens (tertiary/aromatic N) is 4. The van der Waals surface area contributed by atoms with Crippen LogP contribution in [0.2, 0.25) is 0 Å². The number of rotatable bonds is 4. The van der Waals surface area contributed by atoms with Crippen LogP contribution in [0, 0.1) is 12.8 Å². The molecule has 0 radical (unpaired) electrons. The Bertz CT molecular complexity index is 936. The van der Waals surface area contributed by atoms with Gasteiger partial charge in [0, 0.05) is 55.3 Å². The predicted molar refractivity (Wildman–Crippen MR) is 110 cm³/mol. The molecule has 2 aromatic heterocycles. The number of fused-ring (bicyclic) bond motifs is 1. The van der Waals surface area contributed by atoms with E-state index < -0.39 is 0 Å². The molecule has 1 saturated heterocycles. The fourth-order valence-electron chi connectivity index (χ4n) is 3.68. The van der Waals surface area contributed by atoms with Crippen LogP contribution in [0.3, 0.4) is 0 Å². The molecule has 0 unspecified atom stereocenters. The summed E-state index contributed by atoms with van der Waals surface area (Å²) in [4.78, 5) is 23.9. The molecule has 1 fully saturated rings. The van der Waals surface area contributed by atoms with Gasteiger partial charge in [-0.3, -0.25) is 14.1 Å². The molecule has 1 aliphatic rings. The van der Waals surface area contributed by atoms with Crippen molar-refractivity contribution >= 4 is 22.2 Å². The molecule has 1 aliphatic heterocycles. The number of hydrogen-bond donors (Lipinski definition) is 0. The quantitative estimate of drug-likeness (QED) is 0.691. The Morgan fingerprint density at radius 1 is 1.15 bits per heavy atom. The summed E-state index contributed by atoms with van der Waals surface area (Å²) in [5, 5.41) is 0. The number of hydrogen-bond acceptors (Lipinski definition) is 4. The molecule has 0 aliphatic carbocycles. The number of carbonyl (C=O) groups excluding carboxylic acids is 1. The first-order valence-electron chi connectivity index (χ1n) is 9.57. The first-order chi connectivity index (χ1) is 13.0. The molecule has 5 nitrogen and oxygen atoms in total. The summed E-state index contributed by atoms with van der Waals surface area (Å²) in [5.41, 5.74) is 3.47. The molecule has 4 rings (SSSR count). The highest BCUT2D eigenvalue weighted by Gasteiger charge is 2.25. The summed E-state index contributed by atoms with van der Waals surface area (Å²) in [5.74, 6) is 0.337. The molecular formula is C21H26N4OS. The molecule has 1 amide bonds. The van der Waals surface area contributed by atoms with E-state index in [4.69, 9.17) is 4.98 Å². The number of carbonyl (C=O) groups is 1. The average molecular weight is 383 g/mol. The zero-order valence-corrected chi connectivity index (χ0v) is 17.0. The zero-order valence-electron chi connectivity index (χ0n) is 16.2. The van der Waals surface area contributed by atoms with Gasteiger partial charge in [0.25, 0.3) is 0 Å². The topological polar surface area (TPSA) is 40.9 Å². The van der Waals surface area contributed by atoms with Crippen LogP contribution in [0.4, 0.5) is 0 Å². The Labute approximate surface area is 164 Å². The largest absolute Gasteiger partial charge is 0.340 e. The summed E-state index contributed by atoms with van der Waals surface area (Å²) in [6.45, 7) is 10.4. The SMILES string of the molecule is Cc1cn2c(CN3CCN(C(=O)C(C)C)CC3)c(-c3ccccc3)nc2s1. The maximum Gasteiger partial charge on any atom is 0.225 e. The predicted octanol–water partition coefficient (Wildman–Crippen LogP) is 3.67. The minimum absolute atomic E-state index is 0.0736. The second-order valence-corrected chi connectivity index (χ2v) is 8.74. The Morgan fingerprint density at radius 3 is 2.52 bits per heavy atom. The van der Waals surface area contributed by atoms with Gasteiger partial charge < -0.3 is 4.90 Å². The zero-order chi connectivity index (χ0) is 19.0. The number of aromatic nitrogens is 2. The Kier molecular flexibility index (Phi) is 5.02. The fourth-order valence-corrected chi connectivity index (χ4v) is 4.53. The maximum absolute atomic E-state index is 12.2. The molecule has 3 heterocycles. The summed E-state index contributed by atoms with van der Waals surface area (Å²) in [6.07, 6.45) is 2.19. The van der Waals surface area contributed by atoms with Gasteiger partial charge in [-0.1, -0.05) is 44.2 Å². The number of amides is 1. The number of piperazine rings is 1. The third-order valence-corrected chi connectivity index (χ3v) is 6.04. The van der Waals surface area contributed by atoms with Gasteiger partial charge >= 0.3 is 0 Å². The third kappa shape index (κ3) is 3.64. The van der Waals surface area contributed by atoms with Crippen molar-refractivity contribution in [2.24, 2.45) is 5.92 Å². The lowest BCUT2D eigenvalue weighted by Gasteiger charge is -2.35. The summed E-state index contributed by atoms with van der Waals surface area (Å²) < 4.78 is 2.24. The van der Waals surface area contributed by atoms with Crippen molar-refractivity contribution in [1.82, 2.24) is 19.2 Å². The Balaban J connectivity index is 1.58. The van der Waals surface area contributed by atoms with E-state index in [0.29, 0.717) is 0 Å². The highest BCUT2D eigenvalue weighted by Crippen LogP contribution is 2.29. The van der Waals surface area contributed by atoms with Crippen LogP contribution >= 0.6 is 11.3 Å². The molecule has 0 saturated carbocycles. The fraction of sp³-hybridized carbons (Fsp3) is 0.429. The van der Waals surface area contributed by atoms with E-state index in [-0.39, 0.29) is 11.8 Å². The van der Waals surface area contributed by atoms with Gasteiger partial charge in [-0.05, 0) is 6.92 Å². The van der Waals surface area contributed by atoms with Gasteiger partial charge in [0.1, 0.15) is 0 Å². The van der Waals surface area contributed by atoms with Gasteiger partial charge in [-0.15, -0.1) is 11.3 Å². The maximum atomic E-state index is 12.2. The molecule has 0 atom stereocenters. The van der Waals surface area contributed by atoms with Crippen molar-refractivity contribution in [2.45, 2.75) is 27.3 Å². The Hall–Kier alpha value is -2.18. The van der Waals surface area contributed by atoms with Gasteiger partial charge in [-0.25, -0.2) is 4.98 Å². The van der Waals surface area contributed by atoms with Gasteiger partial charge in [0.2, 0.25) is 5.91 Å². The number of imidazole rings is 1. The van der Waals surface area contributed by atoms with Crippen LogP contribution < -0.4 is 0 Å². The summed E-state index contributed by atoms with van der Waals surface area (Å²) in [6, 6.07) is 10.4. The van der Waals surface area contributed by atoms with Crippen LogP contribution in [0.15, 0.2) is 36.5 Å². The van der Waals surface area contributed by atoms with Gasteiger partial charge in [-0.2, -0.15) is 0 Å². The van der Waals surface area contributed by atoms with Gasteiger partial charge in [0.05, 0.1) is 11.4 Å². The molecule has 0 N–H and O–H groups in total. The van der Waals surface area contributed by atoms with Crippen molar-refractivity contribution in [3.63, 3.8) is 0 Å². The molecule has 0 spiro atoms. The highest BCUT2D eigenvalue weighted by molar-refractivity contribution is 7.17. The van der Waals surface area contributed by atoms with Crippen LogP contribution in [-0.2, 0) is 11.3 Å². The first-order valence-corrected chi connectivity index (χ1v) is 10.4. The van der Waals surface area contributed by atoms with E-state index >= 15 is 0 Å². The third-order valence-electron chi connectivity index (χ3n) is 5.14. The molecule has 1 aromatic carbocycles. The summed E-state index contributed by atoms with van der Waals surface area (Å²) >= 11 is 1.73. The van der Waals surface area contributed by atoms with Crippen molar-refractivity contribution in [1.29, 1.82) is 0 Å². The molecule has 0 bridgehead atoms. The van der Waals surface area contributed by atoms with Crippen LogP contribution in [0.1, 0.15) is 24.4 Å². The minimum Gasteiger partial charge on any atom is -0.340 e. The normalized spacial score (nSPS) is 15.8. The van der Waals surface area contributed by atoms with Crippen molar-refractivity contribution in [2.75, 3.05) is 26.2 Å². The molecule has 142 valence electrons. The molecular weight excluding hydrogens is 356 g/mol. The first kappa shape index (κ1) is 18.2. The average Bonchev–Trinajstić information content (AvgIpc) is 3.19. The lowest BCUT2D eigenvalue weighted by atomic mass is 10.1. The van der Waals surface area contributed by atoms with Crippen molar-refractivity contribution in [3.8, 4) is 11.3 Å². The lowest BCUT2D eigenvalue weighted by Crippen LogP contribution is -2.49. The minimum atomic E-state index is 0.0736. The smallest absolute Gasteiger partial charge is 0.225 e. The van der Waals surface area contributed by atoms with Crippen LogP contribution in [0.25, 0.3) is 16.2 Å². The van der Waals surface area contributed by atoms with E-state index in [2.05, 4.69) is 46.7 Å². The molecule has 27 heavy (non-hydrogen) atoms.